The van der Waals surface area contributed by atoms with Gasteiger partial charge in [-0.1, -0.05) is 23.5 Å². The maximum atomic E-state index is 12.7. The Labute approximate surface area is 130 Å². The Bertz CT molecular complexity index is 1130. The molecule has 0 fully saturated rings. The van der Waals surface area contributed by atoms with Crippen LogP contribution in [0.15, 0.2) is 35.1 Å². The van der Waals surface area contributed by atoms with Gasteiger partial charge in [-0.2, -0.15) is 0 Å². The van der Waals surface area contributed by atoms with Crippen molar-refractivity contribution in [3.05, 3.63) is 62.2 Å². The third-order valence-electron chi connectivity index (χ3n) is 4.25. The molecule has 0 spiro atoms. The molecule has 22 heavy (non-hydrogen) atoms. The van der Waals surface area contributed by atoms with Gasteiger partial charge in [0.15, 0.2) is 4.96 Å². The summed E-state index contributed by atoms with van der Waals surface area (Å²) in [5, 5.41) is 0. The fraction of sp³-hybridized carbons (Fsp3) is 0.176. The number of para-hydroxylation sites is 2. The molecule has 0 radical (unpaired) electrons. The molecule has 0 saturated heterocycles. The number of nitrogens with zero attached hydrogens (tertiary/aromatic N) is 3. The number of aryl methyl sites for hydroxylation is 1. The summed E-state index contributed by atoms with van der Waals surface area (Å²) in [6, 6.07) is 9.85. The maximum Gasteiger partial charge on any atom is 0.274 e. The second-order valence-corrected chi connectivity index (χ2v) is 6.53. The normalized spacial score (nSPS) is 12.8. The maximum absolute atomic E-state index is 12.7. The molecular weight excluding hydrogens is 294 g/mol. The zero-order valence-corrected chi connectivity index (χ0v) is 13.4. The summed E-state index contributed by atoms with van der Waals surface area (Å²) in [4.78, 5) is 18.0. The summed E-state index contributed by atoms with van der Waals surface area (Å²) >= 11 is 1.44. The molecule has 4 aromatic rings. The van der Waals surface area contributed by atoms with E-state index >= 15 is 0 Å². The Morgan fingerprint density at radius 3 is 2.73 bits per heavy atom. The predicted octanol–water partition coefficient (Wildman–Crippen LogP) is 2.41. The van der Waals surface area contributed by atoms with E-state index < -0.39 is 0 Å². The molecule has 0 N–H and O–H groups in total. The van der Waals surface area contributed by atoms with Crippen LogP contribution >= 0.6 is 11.3 Å². The van der Waals surface area contributed by atoms with E-state index in [0.29, 0.717) is 0 Å². The van der Waals surface area contributed by atoms with Gasteiger partial charge in [-0.05, 0) is 43.7 Å². The summed E-state index contributed by atoms with van der Waals surface area (Å²) in [5.74, 6) is 0. The Morgan fingerprint density at radius 2 is 2.00 bits per heavy atom. The van der Waals surface area contributed by atoms with Crippen molar-refractivity contribution in [2.75, 3.05) is 0 Å². The van der Waals surface area contributed by atoms with Crippen LogP contribution in [0.1, 0.15) is 17.0 Å². The molecular formula is C17H15N3OS. The van der Waals surface area contributed by atoms with E-state index in [1.54, 1.807) is 4.40 Å². The first-order valence-electron chi connectivity index (χ1n) is 7.11. The van der Waals surface area contributed by atoms with Crippen LogP contribution in [0.2, 0.25) is 0 Å². The van der Waals surface area contributed by atoms with Crippen molar-refractivity contribution in [3.63, 3.8) is 0 Å². The van der Waals surface area contributed by atoms with Gasteiger partial charge in [0.05, 0.1) is 15.6 Å². The van der Waals surface area contributed by atoms with Crippen LogP contribution in [0.3, 0.4) is 0 Å². The molecule has 0 saturated carbocycles. The number of aromatic nitrogens is 3. The molecule has 0 unspecified atom stereocenters. The van der Waals surface area contributed by atoms with Crippen LogP contribution in [0.4, 0.5) is 0 Å². The zero-order valence-electron chi connectivity index (χ0n) is 12.6. The lowest BCUT2D eigenvalue weighted by atomic mass is 10.2. The number of fused-ring (bicyclic) bond motifs is 3. The van der Waals surface area contributed by atoms with Gasteiger partial charge in [-0.3, -0.25) is 4.79 Å². The van der Waals surface area contributed by atoms with Gasteiger partial charge in [-0.15, -0.1) is 0 Å². The van der Waals surface area contributed by atoms with Crippen molar-refractivity contribution < 1.29 is 0 Å². The minimum atomic E-state index is 0.00889. The molecule has 0 aliphatic rings. The highest BCUT2D eigenvalue weighted by Crippen LogP contribution is 2.17. The van der Waals surface area contributed by atoms with Gasteiger partial charge < -0.3 is 4.57 Å². The van der Waals surface area contributed by atoms with Crippen molar-refractivity contribution in [2.24, 2.45) is 7.05 Å². The number of hydrogen-bond acceptors (Lipinski definition) is 3. The number of hydrogen-bond donors (Lipinski definition) is 0. The van der Waals surface area contributed by atoms with Crippen molar-refractivity contribution in [3.8, 4) is 0 Å². The molecule has 0 aliphatic carbocycles. The van der Waals surface area contributed by atoms with Gasteiger partial charge in [0.1, 0.15) is 0 Å². The molecule has 0 atom stereocenters. The average molecular weight is 309 g/mol. The zero-order chi connectivity index (χ0) is 15.4. The largest absolute Gasteiger partial charge is 0.352 e. The Balaban J connectivity index is 2.03. The Kier molecular flexibility index (Phi) is 2.74. The number of thiazole rings is 1. The summed E-state index contributed by atoms with van der Waals surface area (Å²) in [5.41, 5.74) is 5.18. The molecule has 3 aromatic heterocycles. The highest BCUT2D eigenvalue weighted by Gasteiger charge is 2.11. The van der Waals surface area contributed by atoms with Crippen LogP contribution in [-0.2, 0) is 7.05 Å². The average Bonchev–Trinajstić information content (AvgIpc) is 3.09. The monoisotopic (exact) mass is 309 g/mol. The molecule has 110 valence electrons. The van der Waals surface area contributed by atoms with Crippen molar-refractivity contribution >= 4 is 33.4 Å². The third kappa shape index (κ3) is 1.75. The lowest BCUT2D eigenvalue weighted by Crippen LogP contribution is -2.22. The van der Waals surface area contributed by atoms with E-state index in [1.807, 2.05) is 37.4 Å². The molecule has 5 heteroatoms. The molecule has 0 bridgehead atoms. The second kappa shape index (κ2) is 4.55. The molecule has 4 nitrogen and oxygen atoms in total. The Hall–Kier alpha value is -2.40. The standard InChI is InChI=1S/C17H15N3OS/c1-10-8-12(11(2)19(10)3)9-15-16(21)20-14-7-5-4-6-13(14)18-17(20)22-15/h4-9H,1-3H3. The fourth-order valence-corrected chi connectivity index (χ4v) is 3.76. The topological polar surface area (TPSA) is 39.3 Å². The predicted molar refractivity (Wildman–Crippen MR) is 90.5 cm³/mol. The van der Waals surface area contributed by atoms with Crippen molar-refractivity contribution in [1.29, 1.82) is 0 Å². The van der Waals surface area contributed by atoms with E-state index in [1.165, 1.54) is 17.0 Å². The minimum Gasteiger partial charge on any atom is -0.352 e. The van der Waals surface area contributed by atoms with E-state index in [2.05, 4.69) is 29.5 Å². The van der Waals surface area contributed by atoms with Crippen LogP contribution in [0.25, 0.3) is 22.1 Å². The highest BCUT2D eigenvalue weighted by molar-refractivity contribution is 7.15. The first kappa shape index (κ1) is 13.3. The van der Waals surface area contributed by atoms with E-state index in [9.17, 15) is 4.79 Å². The van der Waals surface area contributed by atoms with Gasteiger partial charge in [-0.25, -0.2) is 9.38 Å². The van der Waals surface area contributed by atoms with Crippen molar-refractivity contribution in [2.45, 2.75) is 13.8 Å². The fourth-order valence-electron chi connectivity index (χ4n) is 2.78. The highest BCUT2D eigenvalue weighted by atomic mass is 32.1. The summed E-state index contributed by atoms with van der Waals surface area (Å²) in [7, 11) is 2.04. The number of benzene rings is 1. The first-order chi connectivity index (χ1) is 10.6. The van der Waals surface area contributed by atoms with Crippen LogP contribution in [-0.4, -0.2) is 14.0 Å². The summed E-state index contributed by atoms with van der Waals surface area (Å²) in [6.07, 6.45) is 1.97. The second-order valence-electron chi connectivity index (χ2n) is 5.52. The first-order valence-corrected chi connectivity index (χ1v) is 7.92. The molecule has 4 rings (SSSR count). The van der Waals surface area contributed by atoms with Gasteiger partial charge in [0.2, 0.25) is 0 Å². The number of imidazole rings is 1. The molecule has 1 aromatic carbocycles. The van der Waals surface area contributed by atoms with Crippen molar-refractivity contribution in [1.82, 2.24) is 14.0 Å². The van der Waals surface area contributed by atoms with Gasteiger partial charge >= 0.3 is 0 Å². The quantitative estimate of drug-likeness (QED) is 0.542. The molecule has 3 heterocycles. The summed E-state index contributed by atoms with van der Waals surface area (Å²) < 4.78 is 4.56. The SMILES string of the molecule is Cc1cc(C=c2sc3nc4ccccc4n3c2=O)c(C)n1C. The summed E-state index contributed by atoms with van der Waals surface area (Å²) in [6.45, 7) is 4.13. The van der Waals surface area contributed by atoms with Gasteiger partial charge in [0.25, 0.3) is 5.56 Å². The van der Waals surface area contributed by atoms with Crippen LogP contribution < -0.4 is 10.1 Å². The lowest BCUT2D eigenvalue weighted by molar-refractivity contribution is 0.843. The van der Waals surface area contributed by atoms with E-state index in [0.717, 1.165) is 31.8 Å². The smallest absolute Gasteiger partial charge is 0.274 e. The molecule has 0 aliphatic heterocycles. The van der Waals surface area contributed by atoms with Gasteiger partial charge in [0, 0.05) is 18.4 Å². The number of rotatable bonds is 1. The van der Waals surface area contributed by atoms with Crippen LogP contribution in [0.5, 0.6) is 0 Å². The lowest BCUT2D eigenvalue weighted by Gasteiger charge is -1.98. The third-order valence-corrected chi connectivity index (χ3v) is 5.21. The minimum absolute atomic E-state index is 0.00889. The van der Waals surface area contributed by atoms with Crippen LogP contribution in [0, 0.1) is 13.8 Å². The Morgan fingerprint density at radius 1 is 1.23 bits per heavy atom. The molecule has 0 amide bonds. The van der Waals surface area contributed by atoms with E-state index in [-0.39, 0.29) is 5.56 Å². The van der Waals surface area contributed by atoms with E-state index in [4.69, 9.17) is 0 Å².